The molecule has 0 atom stereocenters. The molecule has 0 radical (unpaired) electrons. The summed E-state index contributed by atoms with van der Waals surface area (Å²) in [7, 11) is 0. The Hall–Kier alpha value is -2.60. The minimum absolute atomic E-state index is 0.0163. The van der Waals surface area contributed by atoms with Gasteiger partial charge in [-0.15, -0.1) is 0 Å². The predicted octanol–water partition coefficient (Wildman–Crippen LogP) is 5.67. The number of piperazine rings is 1. The molecule has 1 amide bonds. The molecule has 32 heavy (non-hydrogen) atoms. The topological polar surface area (TPSA) is 56.9 Å². The van der Waals surface area contributed by atoms with Crippen LogP contribution in [0.3, 0.4) is 0 Å². The molecule has 5 rings (SSSR count). The van der Waals surface area contributed by atoms with E-state index in [9.17, 15) is 9.90 Å². The van der Waals surface area contributed by atoms with E-state index in [0.29, 0.717) is 37.2 Å². The van der Waals surface area contributed by atoms with Crippen LogP contribution in [0.4, 0.5) is 5.69 Å². The summed E-state index contributed by atoms with van der Waals surface area (Å²) in [6.07, 6.45) is 6.53. The van der Waals surface area contributed by atoms with Crippen molar-refractivity contribution in [1.82, 2.24) is 4.90 Å². The molecule has 2 aliphatic rings. The molecule has 6 heteroatoms. The monoisotopic (exact) mass is 450 g/mol. The summed E-state index contributed by atoms with van der Waals surface area (Å²) in [5, 5.41) is 11.9. The van der Waals surface area contributed by atoms with Crippen molar-refractivity contribution in [3.05, 3.63) is 59.9 Å². The Morgan fingerprint density at radius 3 is 2.47 bits per heavy atom. The first-order chi connectivity index (χ1) is 15.7. The Morgan fingerprint density at radius 2 is 1.69 bits per heavy atom. The van der Waals surface area contributed by atoms with Crippen molar-refractivity contribution in [2.24, 2.45) is 0 Å². The Bertz CT molecular complexity index is 1080. The van der Waals surface area contributed by atoms with E-state index in [0.717, 1.165) is 28.0 Å². The number of hydrogen-bond acceptors (Lipinski definition) is 5. The largest absolute Gasteiger partial charge is 0.506 e. The molecule has 2 fully saturated rings. The zero-order valence-electron chi connectivity index (χ0n) is 18.3. The molecular weight excluding hydrogens is 420 g/mol. The fraction of sp³-hybridized carbons (Fsp3) is 0.423. The first-order valence-electron chi connectivity index (χ1n) is 11.6. The Labute approximate surface area is 193 Å². The number of benzene rings is 2. The van der Waals surface area contributed by atoms with Crippen molar-refractivity contribution in [2.75, 3.05) is 31.1 Å². The van der Waals surface area contributed by atoms with Gasteiger partial charge in [-0.25, -0.2) is 0 Å². The summed E-state index contributed by atoms with van der Waals surface area (Å²) >= 11 is 1.98. The van der Waals surface area contributed by atoms with E-state index in [1.54, 1.807) is 6.07 Å². The molecule has 1 N–H and O–H groups in total. The zero-order chi connectivity index (χ0) is 21.9. The summed E-state index contributed by atoms with van der Waals surface area (Å²) in [6, 6.07) is 15.4. The third kappa shape index (κ3) is 4.33. The molecule has 0 bridgehead atoms. The van der Waals surface area contributed by atoms with Crippen LogP contribution in [0.2, 0.25) is 0 Å². The lowest BCUT2D eigenvalue weighted by molar-refractivity contribution is 0.0716. The molecule has 0 spiro atoms. The number of carbonyl (C=O) groups is 1. The fourth-order valence-corrected chi connectivity index (χ4v) is 6.23. The standard InChI is InChI=1S/C26H30N2O3S/c29-23-12-6-5-11-22(23)27-14-16-28(17-15-27)26(30)25-21(18-32-19-8-2-1-3-9-19)20-10-4-7-13-24(20)31-25/h4-7,10-13,19,29H,1-3,8-9,14-18H2. The number of nitrogens with zero attached hydrogens (tertiary/aromatic N) is 2. The van der Waals surface area contributed by atoms with Crippen LogP contribution in [-0.2, 0) is 5.75 Å². The highest BCUT2D eigenvalue weighted by molar-refractivity contribution is 7.99. The van der Waals surface area contributed by atoms with Crippen LogP contribution in [0.15, 0.2) is 52.9 Å². The summed E-state index contributed by atoms with van der Waals surface area (Å²) < 4.78 is 6.13. The minimum Gasteiger partial charge on any atom is -0.506 e. The van der Waals surface area contributed by atoms with E-state index in [1.807, 2.05) is 53.1 Å². The number of thioether (sulfide) groups is 1. The number of para-hydroxylation sites is 3. The number of phenolic OH excluding ortho intramolecular Hbond substituents is 1. The Balaban J connectivity index is 1.32. The van der Waals surface area contributed by atoms with Gasteiger partial charge >= 0.3 is 0 Å². The number of hydrogen-bond donors (Lipinski definition) is 1. The maximum Gasteiger partial charge on any atom is 0.290 e. The van der Waals surface area contributed by atoms with Gasteiger partial charge in [0.25, 0.3) is 5.91 Å². The van der Waals surface area contributed by atoms with E-state index in [4.69, 9.17) is 4.42 Å². The second-order valence-corrected chi connectivity index (χ2v) is 10.0. The van der Waals surface area contributed by atoms with Crippen LogP contribution in [0.25, 0.3) is 11.0 Å². The number of rotatable bonds is 5. The first kappa shape index (κ1) is 21.3. The van der Waals surface area contributed by atoms with Crippen molar-refractivity contribution in [2.45, 2.75) is 43.1 Å². The van der Waals surface area contributed by atoms with Gasteiger partial charge in [0, 0.05) is 48.1 Å². The number of phenols is 1. The summed E-state index contributed by atoms with van der Waals surface area (Å²) in [5.74, 6) is 1.59. The maximum absolute atomic E-state index is 13.5. The molecule has 1 aliphatic heterocycles. The van der Waals surface area contributed by atoms with Gasteiger partial charge in [-0.2, -0.15) is 11.8 Å². The minimum atomic E-state index is -0.0163. The van der Waals surface area contributed by atoms with Gasteiger partial charge in [-0.3, -0.25) is 4.79 Å². The van der Waals surface area contributed by atoms with Crippen molar-refractivity contribution in [3.8, 4) is 5.75 Å². The van der Waals surface area contributed by atoms with E-state index in [1.165, 1.54) is 32.1 Å². The lowest BCUT2D eigenvalue weighted by Crippen LogP contribution is -2.48. The van der Waals surface area contributed by atoms with E-state index in [-0.39, 0.29) is 11.7 Å². The van der Waals surface area contributed by atoms with Crippen LogP contribution >= 0.6 is 11.8 Å². The highest BCUT2D eigenvalue weighted by atomic mass is 32.2. The summed E-state index contributed by atoms with van der Waals surface area (Å²) in [5.41, 5.74) is 2.67. The van der Waals surface area contributed by atoms with E-state index >= 15 is 0 Å². The van der Waals surface area contributed by atoms with Gasteiger partial charge in [0.05, 0.1) is 5.69 Å². The SMILES string of the molecule is O=C(c1oc2ccccc2c1CSC1CCCCC1)N1CCN(c2ccccc2O)CC1. The normalized spacial score (nSPS) is 17.8. The molecule has 1 saturated carbocycles. The molecule has 5 nitrogen and oxygen atoms in total. The lowest BCUT2D eigenvalue weighted by atomic mass is 10.0. The van der Waals surface area contributed by atoms with Crippen LogP contribution in [0.1, 0.15) is 48.2 Å². The maximum atomic E-state index is 13.5. The van der Waals surface area contributed by atoms with Crippen LogP contribution in [-0.4, -0.2) is 47.3 Å². The molecule has 3 aromatic rings. The van der Waals surface area contributed by atoms with Gasteiger partial charge in [-0.1, -0.05) is 49.6 Å². The van der Waals surface area contributed by atoms with E-state index in [2.05, 4.69) is 11.0 Å². The van der Waals surface area contributed by atoms with Gasteiger partial charge in [0.15, 0.2) is 5.76 Å². The van der Waals surface area contributed by atoms with Gasteiger partial charge in [0.1, 0.15) is 11.3 Å². The predicted molar refractivity (Wildman–Crippen MR) is 131 cm³/mol. The fourth-order valence-electron chi connectivity index (χ4n) is 4.87. The molecule has 0 unspecified atom stereocenters. The van der Waals surface area contributed by atoms with Crippen LogP contribution in [0, 0.1) is 0 Å². The van der Waals surface area contributed by atoms with Gasteiger partial charge in [0.2, 0.25) is 0 Å². The molecular formula is C26H30N2O3S. The summed E-state index contributed by atoms with van der Waals surface area (Å²) in [6.45, 7) is 2.60. The number of anilines is 1. The molecule has 2 heterocycles. The quantitative estimate of drug-likeness (QED) is 0.543. The van der Waals surface area contributed by atoms with Gasteiger partial charge < -0.3 is 19.3 Å². The highest BCUT2D eigenvalue weighted by Crippen LogP contribution is 2.36. The average Bonchev–Trinajstić information content (AvgIpc) is 3.22. The van der Waals surface area contributed by atoms with Crippen molar-refractivity contribution in [1.29, 1.82) is 0 Å². The smallest absolute Gasteiger partial charge is 0.290 e. The highest BCUT2D eigenvalue weighted by Gasteiger charge is 2.29. The Kier molecular flexibility index (Phi) is 6.30. The van der Waals surface area contributed by atoms with E-state index < -0.39 is 0 Å². The van der Waals surface area contributed by atoms with Crippen molar-refractivity contribution >= 4 is 34.3 Å². The molecule has 2 aromatic carbocycles. The van der Waals surface area contributed by atoms with Crippen LogP contribution in [0.5, 0.6) is 5.75 Å². The third-order valence-electron chi connectivity index (χ3n) is 6.70. The van der Waals surface area contributed by atoms with Crippen molar-refractivity contribution < 1.29 is 14.3 Å². The zero-order valence-corrected chi connectivity index (χ0v) is 19.2. The molecule has 168 valence electrons. The first-order valence-corrected chi connectivity index (χ1v) is 12.7. The third-order valence-corrected chi connectivity index (χ3v) is 8.10. The summed E-state index contributed by atoms with van der Waals surface area (Å²) in [4.78, 5) is 17.5. The number of fused-ring (bicyclic) bond motifs is 1. The molecule has 1 aliphatic carbocycles. The molecule has 1 aromatic heterocycles. The number of furan rings is 1. The Morgan fingerprint density at radius 1 is 0.969 bits per heavy atom. The van der Waals surface area contributed by atoms with Crippen LogP contribution < -0.4 is 4.90 Å². The lowest BCUT2D eigenvalue weighted by Gasteiger charge is -2.36. The number of amides is 1. The second-order valence-electron chi connectivity index (χ2n) is 8.74. The average molecular weight is 451 g/mol. The molecule has 1 saturated heterocycles. The van der Waals surface area contributed by atoms with Crippen molar-refractivity contribution in [3.63, 3.8) is 0 Å². The number of aromatic hydroxyl groups is 1. The number of carbonyl (C=O) groups excluding carboxylic acids is 1. The van der Waals surface area contributed by atoms with Gasteiger partial charge in [-0.05, 0) is 31.0 Å². The second kappa shape index (κ2) is 9.49.